The number of benzene rings is 2. The van der Waals surface area contributed by atoms with Crippen LogP contribution >= 0.6 is 0 Å². The molecule has 0 fully saturated rings. The maximum Gasteiger partial charge on any atom is 0.229 e. The third-order valence-corrected chi connectivity index (χ3v) is 4.05. The van der Waals surface area contributed by atoms with Crippen LogP contribution in [0.4, 0.5) is 16.0 Å². The third kappa shape index (κ3) is 5.88. The molecule has 1 aromatic heterocycles. The minimum absolute atomic E-state index is 0.134. The van der Waals surface area contributed by atoms with Gasteiger partial charge in [0.1, 0.15) is 11.6 Å². The number of carbonyl (C=O) groups excluding carboxylic acids is 1. The Bertz CT molecular complexity index is 878. The lowest BCUT2D eigenvalue weighted by Gasteiger charge is -2.07. The number of rotatable bonds is 7. The number of aryl methyl sites for hydroxylation is 1. The van der Waals surface area contributed by atoms with E-state index in [1.54, 1.807) is 24.3 Å². The Balaban J connectivity index is 1.45. The molecule has 0 unspecified atom stereocenters. The first-order valence-electron chi connectivity index (χ1n) is 8.76. The summed E-state index contributed by atoms with van der Waals surface area (Å²) in [5.41, 5.74) is 3.15. The summed E-state index contributed by atoms with van der Waals surface area (Å²) < 4.78 is 12.9. The van der Waals surface area contributed by atoms with Gasteiger partial charge in [-0.3, -0.25) is 4.79 Å². The second-order valence-electron chi connectivity index (χ2n) is 6.32. The number of halogens is 1. The van der Waals surface area contributed by atoms with Gasteiger partial charge in [0.25, 0.3) is 0 Å². The first-order chi connectivity index (χ1) is 13.1. The highest BCUT2D eigenvalue weighted by Crippen LogP contribution is 2.09. The van der Waals surface area contributed by atoms with E-state index in [1.165, 1.54) is 12.1 Å². The van der Waals surface area contributed by atoms with Crippen LogP contribution < -0.4 is 10.6 Å². The van der Waals surface area contributed by atoms with Crippen LogP contribution in [0, 0.1) is 12.7 Å². The lowest BCUT2D eigenvalue weighted by Crippen LogP contribution is -2.16. The Kier molecular flexibility index (Phi) is 6.10. The zero-order valence-corrected chi connectivity index (χ0v) is 15.1. The molecule has 5 nitrogen and oxygen atoms in total. The smallest absolute Gasteiger partial charge is 0.229 e. The van der Waals surface area contributed by atoms with Crippen molar-refractivity contribution in [2.75, 3.05) is 17.2 Å². The number of carbonyl (C=O) groups is 1. The van der Waals surface area contributed by atoms with Crippen molar-refractivity contribution < 1.29 is 9.18 Å². The largest absolute Gasteiger partial charge is 0.368 e. The molecule has 0 aliphatic carbocycles. The van der Waals surface area contributed by atoms with Crippen molar-refractivity contribution in [1.29, 1.82) is 0 Å². The fourth-order valence-corrected chi connectivity index (χ4v) is 2.56. The molecule has 27 heavy (non-hydrogen) atoms. The van der Waals surface area contributed by atoms with E-state index in [2.05, 4.69) is 20.8 Å². The summed E-state index contributed by atoms with van der Waals surface area (Å²) >= 11 is 0. The predicted molar refractivity (Wildman–Crippen MR) is 104 cm³/mol. The zero-order valence-electron chi connectivity index (χ0n) is 15.1. The Morgan fingerprint density at radius 3 is 2.19 bits per heavy atom. The summed E-state index contributed by atoms with van der Waals surface area (Å²) in [5.74, 6) is 0.660. The van der Waals surface area contributed by atoms with Crippen LogP contribution in [0.5, 0.6) is 0 Å². The fraction of sp³-hybridized carbons (Fsp3) is 0.190. The van der Waals surface area contributed by atoms with Gasteiger partial charge in [-0.25, -0.2) is 4.39 Å². The van der Waals surface area contributed by atoms with Crippen LogP contribution in [-0.2, 0) is 17.6 Å². The van der Waals surface area contributed by atoms with Gasteiger partial charge < -0.3 is 10.6 Å². The van der Waals surface area contributed by atoms with Crippen LogP contribution in [0.25, 0.3) is 0 Å². The van der Waals surface area contributed by atoms with Gasteiger partial charge in [-0.05, 0) is 48.7 Å². The molecule has 1 amide bonds. The summed E-state index contributed by atoms with van der Waals surface area (Å²) in [7, 11) is 0. The van der Waals surface area contributed by atoms with Gasteiger partial charge in [-0.2, -0.15) is 0 Å². The van der Waals surface area contributed by atoms with Gasteiger partial charge in [0.2, 0.25) is 5.91 Å². The van der Waals surface area contributed by atoms with E-state index in [1.807, 2.05) is 31.2 Å². The summed E-state index contributed by atoms with van der Waals surface area (Å²) in [5, 5.41) is 14.0. The van der Waals surface area contributed by atoms with E-state index in [9.17, 15) is 9.18 Å². The molecule has 6 heteroatoms. The Hall–Kier alpha value is -3.28. The van der Waals surface area contributed by atoms with E-state index in [0.29, 0.717) is 24.6 Å². The van der Waals surface area contributed by atoms with Gasteiger partial charge in [-0.1, -0.05) is 42.0 Å². The van der Waals surface area contributed by atoms with Crippen molar-refractivity contribution in [2.45, 2.75) is 19.8 Å². The quantitative estimate of drug-likeness (QED) is 0.670. The number of nitrogens with zero attached hydrogens (tertiary/aromatic N) is 2. The van der Waals surface area contributed by atoms with Gasteiger partial charge in [0.15, 0.2) is 5.82 Å². The molecular formula is C21H21FN4O. The molecule has 0 radical (unpaired) electrons. The molecule has 0 saturated heterocycles. The van der Waals surface area contributed by atoms with Gasteiger partial charge in [0.05, 0.1) is 6.42 Å². The molecule has 2 aromatic carbocycles. The molecule has 0 spiro atoms. The van der Waals surface area contributed by atoms with Gasteiger partial charge >= 0.3 is 0 Å². The fourth-order valence-electron chi connectivity index (χ4n) is 2.56. The minimum atomic E-state index is -0.238. The summed E-state index contributed by atoms with van der Waals surface area (Å²) in [6.07, 6.45) is 1.04. The van der Waals surface area contributed by atoms with E-state index in [-0.39, 0.29) is 11.7 Å². The molecule has 0 aliphatic heterocycles. The van der Waals surface area contributed by atoms with Crippen LogP contribution in [0.15, 0.2) is 60.7 Å². The molecule has 3 rings (SSSR count). The van der Waals surface area contributed by atoms with E-state index in [0.717, 1.165) is 23.1 Å². The molecule has 3 aromatic rings. The van der Waals surface area contributed by atoms with Gasteiger partial charge in [-0.15, -0.1) is 10.2 Å². The SMILES string of the molecule is Cc1ccc(CC(=O)Nc2ccc(NCCc3ccc(F)cc3)nn2)cc1. The Labute approximate surface area is 157 Å². The third-order valence-electron chi connectivity index (χ3n) is 4.05. The average Bonchev–Trinajstić information content (AvgIpc) is 2.67. The van der Waals surface area contributed by atoms with Crippen molar-refractivity contribution in [2.24, 2.45) is 0 Å². The van der Waals surface area contributed by atoms with Crippen molar-refractivity contribution in [1.82, 2.24) is 10.2 Å². The zero-order chi connectivity index (χ0) is 19.1. The van der Waals surface area contributed by atoms with E-state index >= 15 is 0 Å². The highest BCUT2D eigenvalue weighted by atomic mass is 19.1. The molecule has 2 N–H and O–H groups in total. The van der Waals surface area contributed by atoms with Crippen molar-refractivity contribution in [3.8, 4) is 0 Å². The summed E-state index contributed by atoms with van der Waals surface area (Å²) in [6.45, 7) is 2.66. The number of aromatic nitrogens is 2. The number of hydrogen-bond donors (Lipinski definition) is 2. The lowest BCUT2D eigenvalue weighted by atomic mass is 10.1. The second kappa shape index (κ2) is 8.89. The Morgan fingerprint density at radius 2 is 1.52 bits per heavy atom. The molecule has 0 atom stereocenters. The van der Waals surface area contributed by atoms with E-state index < -0.39 is 0 Å². The summed E-state index contributed by atoms with van der Waals surface area (Å²) in [4.78, 5) is 12.1. The normalized spacial score (nSPS) is 10.4. The van der Waals surface area contributed by atoms with Crippen LogP contribution in [0.1, 0.15) is 16.7 Å². The molecule has 0 bridgehead atoms. The number of amides is 1. The highest BCUT2D eigenvalue weighted by molar-refractivity contribution is 5.91. The van der Waals surface area contributed by atoms with Crippen LogP contribution in [0.3, 0.4) is 0 Å². The lowest BCUT2D eigenvalue weighted by molar-refractivity contribution is -0.115. The molecule has 0 aliphatic rings. The van der Waals surface area contributed by atoms with Gasteiger partial charge in [0, 0.05) is 6.54 Å². The standard InChI is InChI=1S/C21H21FN4O/c1-15-2-4-17(5-3-15)14-21(27)24-20-11-10-19(25-26-20)23-13-12-16-6-8-18(22)9-7-16/h2-11H,12-14H2,1H3,(H,23,25)(H,24,26,27). The second-order valence-corrected chi connectivity index (χ2v) is 6.32. The molecular weight excluding hydrogens is 343 g/mol. The predicted octanol–water partition coefficient (Wildman–Crippen LogP) is 3.76. The van der Waals surface area contributed by atoms with Crippen molar-refractivity contribution >= 4 is 17.5 Å². The average molecular weight is 364 g/mol. The molecule has 1 heterocycles. The first kappa shape index (κ1) is 18.5. The van der Waals surface area contributed by atoms with Crippen molar-refractivity contribution in [3.63, 3.8) is 0 Å². The highest BCUT2D eigenvalue weighted by Gasteiger charge is 2.06. The van der Waals surface area contributed by atoms with Crippen molar-refractivity contribution in [3.05, 3.63) is 83.2 Å². The summed E-state index contributed by atoms with van der Waals surface area (Å²) in [6, 6.07) is 17.7. The molecule has 138 valence electrons. The number of nitrogens with one attached hydrogen (secondary N) is 2. The van der Waals surface area contributed by atoms with E-state index in [4.69, 9.17) is 0 Å². The topological polar surface area (TPSA) is 66.9 Å². The van der Waals surface area contributed by atoms with Crippen LogP contribution in [-0.4, -0.2) is 22.6 Å². The Morgan fingerprint density at radius 1 is 0.889 bits per heavy atom. The maximum absolute atomic E-state index is 12.9. The van der Waals surface area contributed by atoms with Crippen LogP contribution in [0.2, 0.25) is 0 Å². The first-order valence-corrected chi connectivity index (χ1v) is 8.76. The number of hydrogen-bond acceptors (Lipinski definition) is 4. The monoisotopic (exact) mass is 364 g/mol. The molecule has 0 saturated carbocycles. The number of anilines is 2. The maximum atomic E-state index is 12.9. The minimum Gasteiger partial charge on any atom is -0.368 e.